The Balaban J connectivity index is 1.55. The van der Waals surface area contributed by atoms with Crippen molar-refractivity contribution >= 4 is 12.0 Å². The number of carboxylic acids is 1. The third-order valence-electron chi connectivity index (χ3n) is 4.95. The molecule has 2 aliphatic rings. The van der Waals surface area contributed by atoms with Crippen LogP contribution in [0, 0.1) is 11.3 Å². The first-order valence-electron chi connectivity index (χ1n) is 8.00. The highest BCUT2D eigenvalue weighted by Gasteiger charge is 2.54. The van der Waals surface area contributed by atoms with Crippen LogP contribution in [0.2, 0.25) is 0 Å². The quantitative estimate of drug-likeness (QED) is 0.878. The van der Waals surface area contributed by atoms with Crippen molar-refractivity contribution in [3.05, 3.63) is 35.9 Å². The number of benzene rings is 1. The van der Waals surface area contributed by atoms with Gasteiger partial charge < -0.3 is 20.1 Å². The Bertz CT molecular complexity index is 577. The first-order valence-corrected chi connectivity index (χ1v) is 8.00. The number of amides is 2. The molecular weight excluding hydrogens is 296 g/mol. The molecule has 0 aromatic heterocycles. The molecule has 0 spiro atoms. The largest absolute Gasteiger partial charge is 0.481 e. The second kappa shape index (κ2) is 6.58. The van der Waals surface area contributed by atoms with Gasteiger partial charge in [-0.25, -0.2) is 4.79 Å². The van der Waals surface area contributed by atoms with E-state index in [4.69, 9.17) is 4.74 Å². The highest BCUT2D eigenvalue weighted by Crippen LogP contribution is 2.42. The summed E-state index contributed by atoms with van der Waals surface area (Å²) in [4.78, 5) is 25.7. The molecule has 6 heteroatoms. The van der Waals surface area contributed by atoms with Crippen LogP contribution in [0.25, 0.3) is 0 Å². The molecule has 0 saturated carbocycles. The number of nitrogens with one attached hydrogen (secondary N) is 1. The molecule has 2 fully saturated rings. The summed E-state index contributed by atoms with van der Waals surface area (Å²) in [6.45, 7) is 2.13. The zero-order chi connectivity index (χ0) is 16.3. The van der Waals surface area contributed by atoms with Crippen LogP contribution in [0.3, 0.4) is 0 Å². The highest BCUT2D eigenvalue weighted by atomic mass is 16.5. The van der Waals surface area contributed by atoms with Gasteiger partial charge in [-0.15, -0.1) is 0 Å². The summed E-state index contributed by atoms with van der Waals surface area (Å²) in [5.41, 5.74) is 0.327. The fraction of sp³-hybridized carbons (Fsp3) is 0.529. The Morgan fingerprint density at radius 2 is 2.13 bits per heavy atom. The van der Waals surface area contributed by atoms with Crippen molar-refractivity contribution < 1.29 is 19.4 Å². The molecule has 1 aromatic carbocycles. The maximum atomic E-state index is 12.3. The fourth-order valence-corrected chi connectivity index (χ4v) is 3.52. The van der Waals surface area contributed by atoms with Crippen LogP contribution in [0.5, 0.6) is 0 Å². The lowest BCUT2D eigenvalue weighted by Crippen LogP contribution is -2.45. The maximum Gasteiger partial charge on any atom is 0.317 e. The van der Waals surface area contributed by atoms with Crippen molar-refractivity contribution in [2.45, 2.75) is 12.8 Å². The third-order valence-corrected chi connectivity index (χ3v) is 4.95. The standard InChI is InChI=1S/C17H22N2O4/c20-15(21)17-7-9-23-11-14(17)10-19(12-17)16(22)18-8-6-13-4-2-1-3-5-13/h1-5,14H,6-12H2,(H,18,22)(H,20,21)/t14-,17+/m1/s1. The molecule has 23 heavy (non-hydrogen) atoms. The molecule has 2 saturated heterocycles. The average molecular weight is 318 g/mol. The Morgan fingerprint density at radius 1 is 1.35 bits per heavy atom. The highest BCUT2D eigenvalue weighted by molar-refractivity contribution is 5.80. The van der Waals surface area contributed by atoms with Crippen molar-refractivity contribution in [3.8, 4) is 0 Å². The second-order valence-corrected chi connectivity index (χ2v) is 6.33. The van der Waals surface area contributed by atoms with Crippen LogP contribution < -0.4 is 5.32 Å². The molecule has 0 aliphatic carbocycles. The number of hydrogen-bond acceptors (Lipinski definition) is 3. The summed E-state index contributed by atoms with van der Waals surface area (Å²) >= 11 is 0. The summed E-state index contributed by atoms with van der Waals surface area (Å²) in [5.74, 6) is -0.931. The van der Waals surface area contributed by atoms with E-state index < -0.39 is 11.4 Å². The number of carbonyl (C=O) groups is 2. The molecule has 0 radical (unpaired) electrons. The molecule has 3 rings (SSSR count). The van der Waals surface area contributed by atoms with Gasteiger partial charge in [-0.2, -0.15) is 0 Å². The third kappa shape index (κ3) is 3.17. The number of hydrogen-bond donors (Lipinski definition) is 2. The Labute approximate surface area is 135 Å². The SMILES string of the molecule is O=C(NCCc1ccccc1)N1C[C@@H]2COCC[C@]2(C(=O)O)C1. The number of carboxylic acid groups (broad SMARTS) is 1. The van der Waals surface area contributed by atoms with E-state index in [-0.39, 0.29) is 18.5 Å². The van der Waals surface area contributed by atoms with Gasteiger partial charge in [-0.3, -0.25) is 4.79 Å². The minimum absolute atomic E-state index is 0.117. The normalized spacial score (nSPS) is 26.6. The van der Waals surface area contributed by atoms with Crippen LogP contribution in [0.15, 0.2) is 30.3 Å². The van der Waals surface area contributed by atoms with E-state index >= 15 is 0 Å². The first kappa shape index (κ1) is 15.8. The van der Waals surface area contributed by atoms with E-state index in [0.717, 1.165) is 6.42 Å². The zero-order valence-corrected chi connectivity index (χ0v) is 13.0. The molecule has 2 amide bonds. The summed E-state index contributed by atoms with van der Waals surface area (Å²) in [6, 6.07) is 9.76. The van der Waals surface area contributed by atoms with Gasteiger partial charge in [0.1, 0.15) is 0 Å². The molecule has 0 unspecified atom stereocenters. The number of rotatable bonds is 4. The monoisotopic (exact) mass is 318 g/mol. The van der Waals surface area contributed by atoms with Crippen molar-refractivity contribution in [2.75, 3.05) is 32.8 Å². The molecular formula is C17H22N2O4. The van der Waals surface area contributed by atoms with E-state index in [1.165, 1.54) is 5.56 Å². The van der Waals surface area contributed by atoms with Crippen LogP contribution in [-0.2, 0) is 16.0 Å². The molecule has 0 bridgehead atoms. The first-order chi connectivity index (χ1) is 11.1. The zero-order valence-electron chi connectivity index (χ0n) is 13.0. The molecule has 2 heterocycles. The molecule has 2 atom stereocenters. The van der Waals surface area contributed by atoms with Gasteiger partial charge in [-0.1, -0.05) is 30.3 Å². The van der Waals surface area contributed by atoms with Gasteiger partial charge in [0.2, 0.25) is 0 Å². The number of likely N-dealkylation sites (tertiary alicyclic amines) is 1. The average Bonchev–Trinajstić information content (AvgIpc) is 2.97. The van der Waals surface area contributed by atoms with Crippen LogP contribution >= 0.6 is 0 Å². The summed E-state index contributed by atoms with van der Waals surface area (Å²) in [6.07, 6.45) is 1.23. The predicted molar refractivity (Wildman–Crippen MR) is 84.1 cm³/mol. The van der Waals surface area contributed by atoms with E-state index in [1.54, 1.807) is 4.90 Å². The van der Waals surface area contributed by atoms with Crippen LogP contribution in [0.4, 0.5) is 4.79 Å². The van der Waals surface area contributed by atoms with Crippen molar-refractivity contribution in [2.24, 2.45) is 11.3 Å². The second-order valence-electron chi connectivity index (χ2n) is 6.33. The van der Waals surface area contributed by atoms with Gasteiger partial charge >= 0.3 is 12.0 Å². The van der Waals surface area contributed by atoms with E-state index in [2.05, 4.69) is 5.32 Å². The fourth-order valence-electron chi connectivity index (χ4n) is 3.52. The summed E-state index contributed by atoms with van der Waals surface area (Å²) in [5, 5.41) is 12.5. The molecule has 6 nitrogen and oxygen atoms in total. The van der Waals surface area contributed by atoms with Gasteiger partial charge in [0, 0.05) is 32.2 Å². The molecule has 2 aliphatic heterocycles. The lowest BCUT2D eigenvalue weighted by molar-refractivity contribution is -0.157. The molecule has 1 aromatic rings. The number of nitrogens with zero attached hydrogens (tertiary/aromatic N) is 1. The topological polar surface area (TPSA) is 78.9 Å². The Kier molecular flexibility index (Phi) is 4.52. The number of ether oxygens (including phenoxy) is 1. The van der Waals surface area contributed by atoms with E-state index in [0.29, 0.717) is 32.7 Å². The van der Waals surface area contributed by atoms with Crippen LogP contribution in [-0.4, -0.2) is 54.9 Å². The Hall–Kier alpha value is -2.08. The molecule has 124 valence electrons. The van der Waals surface area contributed by atoms with Crippen molar-refractivity contribution in [1.82, 2.24) is 10.2 Å². The number of urea groups is 1. The lowest BCUT2D eigenvalue weighted by Gasteiger charge is -2.33. The number of aliphatic carboxylic acids is 1. The number of fused-ring (bicyclic) bond motifs is 1. The van der Waals surface area contributed by atoms with E-state index in [1.807, 2.05) is 30.3 Å². The van der Waals surface area contributed by atoms with Gasteiger partial charge in [0.05, 0.1) is 12.0 Å². The van der Waals surface area contributed by atoms with Crippen LogP contribution in [0.1, 0.15) is 12.0 Å². The smallest absolute Gasteiger partial charge is 0.317 e. The van der Waals surface area contributed by atoms with Crippen molar-refractivity contribution in [1.29, 1.82) is 0 Å². The van der Waals surface area contributed by atoms with E-state index in [9.17, 15) is 14.7 Å². The summed E-state index contributed by atoms with van der Waals surface area (Å²) in [7, 11) is 0. The Morgan fingerprint density at radius 3 is 2.83 bits per heavy atom. The summed E-state index contributed by atoms with van der Waals surface area (Å²) < 4.78 is 5.40. The van der Waals surface area contributed by atoms with Crippen molar-refractivity contribution in [3.63, 3.8) is 0 Å². The lowest BCUT2D eigenvalue weighted by atomic mass is 9.74. The van der Waals surface area contributed by atoms with Gasteiger partial charge in [0.25, 0.3) is 0 Å². The number of carbonyl (C=O) groups excluding carboxylic acids is 1. The molecule has 2 N–H and O–H groups in total. The maximum absolute atomic E-state index is 12.3. The van der Waals surface area contributed by atoms with Gasteiger partial charge in [0.15, 0.2) is 0 Å². The predicted octanol–water partition coefficient (Wildman–Crippen LogP) is 1.36. The van der Waals surface area contributed by atoms with Gasteiger partial charge in [-0.05, 0) is 18.4 Å². The minimum Gasteiger partial charge on any atom is -0.481 e. The minimum atomic E-state index is -0.838.